The SMILES string of the molecule is CC1(C)OC2C(CO)OC(n3ncc(N)nc3=O)C2O1. The molecule has 1 aromatic heterocycles. The minimum Gasteiger partial charge on any atom is -0.394 e. The summed E-state index contributed by atoms with van der Waals surface area (Å²) in [5, 5.41) is 13.3. The van der Waals surface area contributed by atoms with E-state index >= 15 is 0 Å². The monoisotopic (exact) mass is 284 g/mol. The van der Waals surface area contributed by atoms with Crippen molar-refractivity contribution < 1.29 is 19.3 Å². The molecule has 20 heavy (non-hydrogen) atoms. The molecule has 4 atom stereocenters. The number of nitrogens with zero attached hydrogens (tertiary/aromatic N) is 3. The average molecular weight is 284 g/mol. The Morgan fingerprint density at radius 1 is 1.45 bits per heavy atom. The lowest BCUT2D eigenvalue weighted by Gasteiger charge is -2.23. The van der Waals surface area contributed by atoms with Gasteiger partial charge in [-0.2, -0.15) is 14.8 Å². The van der Waals surface area contributed by atoms with Crippen LogP contribution in [0.3, 0.4) is 0 Å². The molecule has 1 aromatic rings. The summed E-state index contributed by atoms with van der Waals surface area (Å²) >= 11 is 0. The minimum atomic E-state index is -0.810. The predicted octanol–water partition coefficient (Wildman–Crippen LogP) is -1.37. The number of aliphatic hydroxyl groups excluding tert-OH is 1. The van der Waals surface area contributed by atoms with Crippen molar-refractivity contribution in [2.24, 2.45) is 0 Å². The van der Waals surface area contributed by atoms with Gasteiger partial charge in [-0.15, -0.1) is 0 Å². The topological polar surface area (TPSA) is 122 Å². The number of anilines is 1. The van der Waals surface area contributed by atoms with E-state index in [-0.39, 0.29) is 12.4 Å². The first-order valence-electron chi connectivity index (χ1n) is 6.24. The van der Waals surface area contributed by atoms with E-state index in [9.17, 15) is 9.90 Å². The summed E-state index contributed by atoms with van der Waals surface area (Å²) in [6.45, 7) is 3.27. The molecule has 2 saturated heterocycles. The fourth-order valence-electron chi connectivity index (χ4n) is 2.54. The summed E-state index contributed by atoms with van der Waals surface area (Å²) in [5.41, 5.74) is 4.77. The molecule has 0 saturated carbocycles. The first-order chi connectivity index (χ1) is 9.41. The highest BCUT2D eigenvalue weighted by atomic mass is 16.8. The second kappa shape index (κ2) is 4.48. The van der Waals surface area contributed by atoms with E-state index in [1.54, 1.807) is 13.8 Å². The molecule has 2 fully saturated rings. The standard InChI is InChI=1S/C11H16N4O5/c1-11(2)19-7-5(4-16)18-9(8(7)20-11)15-10(17)14-6(12)3-13-15/h3,5,7-9,16H,4H2,1-2H3,(H2,12,14,17). The lowest BCUT2D eigenvalue weighted by atomic mass is 10.1. The molecule has 3 heterocycles. The first-order valence-corrected chi connectivity index (χ1v) is 6.24. The van der Waals surface area contributed by atoms with Crippen LogP contribution in [0.15, 0.2) is 11.0 Å². The molecule has 3 N–H and O–H groups in total. The number of nitrogens with two attached hydrogens (primary N) is 1. The molecule has 3 rings (SSSR count). The molecule has 2 aliphatic heterocycles. The van der Waals surface area contributed by atoms with E-state index in [0.29, 0.717) is 0 Å². The molecule has 0 aromatic carbocycles. The Bertz CT molecular complexity index is 574. The quantitative estimate of drug-likeness (QED) is 0.682. The third kappa shape index (κ3) is 2.08. The summed E-state index contributed by atoms with van der Waals surface area (Å²) in [6.07, 6.45) is -1.14. The van der Waals surface area contributed by atoms with Gasteiger partial charge in [0.2, 0.25) is 0 Å². The van der Waals surface area contributed by atoms with Crippen LogP contribution in [-0.4, -0.2) is 50.6 Å². The second-order valence-corrected chi connectivity index (χ2v) is 5.22. The molecule has 110 valence electrons. The number of fused-ring (bicyclic) bond motifs is 1. The van der Waals surface area contributed by atoms with Crippen LogP contribution >= 0.6 is 0 Å². The number of hydrogen-bond donors (Lipinski definition) is 2. The highest BCUT2D eigenvalue weighted by molar-refractivity contribution is 5.19. The zero-order valence-corrected chi connectivity index (χ0v) is 11.1. The summed E-state index contributed by atoms with van der Waals surface area (Å²) in [7, 11) is 0. The first kappa shape index (κ1) is 13.4. The van der Waals surface area contributed by atoms with E-state index in [1.165, 1.54) is 6.20 Å². The number of nitrogen functional groups attached to an aromatic ring is 1. The zero-order chi connectivity index (χ0) is 14.5. The van der Waals surface area contributed by atoms with Crippen LogP contribution in [0.25, 0.3) is 0 Å². The Morgan fingerprint density at radius 3 is 2.80 bits per heavy atom. The van der Waals surface area contributed by atoms with Crippen LogP contribution in [0.2, 0.25) is 0 Å². The Balaban J connectivity index is 1.96. The molecule has 2 aliphatic rings. The third-order valence-corrected chi connectivity index (χ3v) is 3.28. The van der Waals surface area contributed by atoms with Crippen molar-refractivity contribution in [1.82, 2.24) is 14.8 Å². The maximum atomic E-state index is 11.8. The van der Waals surface area contributed by atoms with Crippen LogP contribution in [0.4, 0.5) is 5.82 Å². The van der Waals surface area contributed by atoms with Gasteiger partial charge in [0.15, 0.2) is 12.0 Å². The number of hydrogen-bond acceptors (Lipinski definition) is 8. The summed E-state index contributed by atoms with van der Waals surface area (Å²) in [5.74, 6) is -0.779. The average Bonchev–Trinajstić information content (AvgIpc) is 2.83. The zero-order valence-electron chi connectivity index (χ0n) is 11.1. The van der Waals surface area contributed by atoms with Crippen molar-refractivity contribution in [3.63, 3.8) is 0 Å². The maximum absolute atomic E-state index is 11.8. The second-order valence-electron chi connectivity index (χ2n) is 5.22. The van der Waals surface area contributed by atoms with Crippen LogP contribution < -0.4 is 11.4 Å². The third-order valence-electron chi connectivity index (χ3n) is 3.28. The summed E-state index contributed by atoms with van der Waals surface area (Å²) < 4.78 is 18.1. The van der Waals surface area contributed by atoms with Gasteiger partial charge in [0.05, 0.1) is 12.8 Å². The molecular weight excluding hydrogens is 268 g/mol. The fourth-order valence-corrected chi connectivity index (χ4v) is 2.54. The number of aliphatic hydroxyl groups is 1. The lowest BCUT2D eigenvalue weighted by molar-refractivity contribution is -0.202. The summed E-state index contributed by atoms with van der Waals surface area (Å²) in [6, 6.07) is 0. The Labute approximate surface area is 114 Å². The molecule has 0 amide bonds. The largest absolute Gasteiger partial charge is 0.394 e. The molecule has 0 spiro atoms. The molecule has 0 bridgehead atoms. The maximum Gasteiger partial charge on any atom is 0.368 e. The van der Waals surface area contributed by atoms with Crippen molar-refractivity contribution in [2.45, 2.75) is 44.2 Å². The molecule has 4 unspecified atom stereocenters. The van der Waals surface area contributed by atoms with E-state index < -0.39 is 36.0 Å². The van der Waals surface area contributed by atoms with Crippen LogP contribution in [0.5, 0.6) is 0 Å². The van der Waals surface area contributed by atoms with E-state index in [4.69, 9.17) is 19.9 Å². The number of ether oxygens (including phenoxy) is 3. The lowest BCUT2D eigenvalue weighted by Crippen LogP contribution is -2.36. The number of aromatic nitrogens is 3. The van der Waals surface area contributed by atoms with Gasteiger partial charge in [-0.05, 0) is 13.8 Å². The van der Waals surface area contributed by atoms with Gasteiger partial charge in [0, 0.05) is 0 Å². The normalized spacial score (nSPS) is 35.1. The van der Waals surface area contributed by atoms with Crippen molar-refractivity contribution in [3.05, 3.63) is 16.7 Å². The van der Waals surface area contributed by atoms with E-state index in [2.05, 4.69) is 10.1 Å². The Kier molecular flexibility index (Phi) is 3.01. The summed E-state index contributed by atoms with van der Waals surface area (Å²) in [4.78, 5) is 15.4. The van der Waals surface area contributed by atoms with Crippen molar-refractivity contribution in [1.29, 1.82) is 0 Å². The van der Waals surface area contributed by atoms with Gasteiger partial charge in [0.1, 0.15) is 24.1 Å². The van der Waals surface area contributed by atoms with Crippen molar-refractivity contribution >= 4 is 5.82 Å². The van der Waals surface area contributed by atoms with Crippen LogP contribution in [-0.2, 0) is 14.2 Å². The van der Waals surface area contributed by atoms with Gasteiger partial charge < -0.3 is 25.1 Å². The fraction of sp³-hybridized carbons (Fsp3) is 0.727. The molecular formula is C11H16N4O5. The molecule has 0 radical (unpaired) electrons. The van der Waals surface area contributed by atoms with Crippen molar-refractivity contribution in [3.8, 4) is 0 Å². The van der Waals surface area contributed by atoms with Gasteiger partial charge >= 0.3 is 5.69 Å². The van der Waals surface area contributed by atoms with Crippen LogP contribution in [0.1, 0.15) is 20.1 Å². The van der Waals surface area contributed by atoms with Gasteiger partial charge in [0.25, 0.3) is 0 Å². The van der Waals surface area contributed by atoms with Gasteiger partial charge in [-0.25, -0.2) is 4.79 Å². The van der Waals surface area contributed by atoms with E-state index in [1.807, 2.05) is 0 Å². The van der Waals surface area contributed by atoms with E-state index in [0.717, 1.165) is 4.68 Å². The highest BCUT2D eigenvalue weighted by Crippen LogP contribution is 2.42. The molecule has 0 aliphatic carbocycles. The Hall–Kier alpha value is -1.55. The number of rotatable bonds is 2. The highest BCUT2D eigenvalue weighted by Gasteiger charge is 2.56. The van der Waals surface area contributed by atoms with Gasteiger partial charge in [-0.3, -0.25) is 0 Å². The smallest absolute Gasteiger partial charge is 0.368 e. The Morgan fingerprint density at radius 2 is 2.15 bits per heavy atom. The van der Waals surface area contributed by atoms with Gasteiger partial charge in [-0.1, -0.05) is 0 Å². The molecule has 9 nitrogen and oxygen atoms in total. The van der Waals surface area contributed by atoms with Crippen molar-refractivity contribution in [2.75, 3.05) is 12.3 Å². The molecule has 9 heteroatoms. The predicted molar refractivity (Wildman–Crippen MR) is 65.5 cm³/mol. The van der Waals surface area contributed by atoms with Crippen LogP contribution in [0, 0.1) is 0 Å². The minimum absolute atomic E-state index is 0.0309.